The average Bonchev–Trinajstić information content (AvgIpc) is 2.57. The summed E-state index contributed by atoms with van der Waals surface area (Å²) in [6.45, 7) is 10.0. The molecular formula is C21H27BrN2O2. The molecule has 0 radical (unpaired) electrons. The standard InChI is InChI=1S/C21H27BrN2O2/c1-12-9-13(2)20(14(3)10-12)24-21(25)16(5)23-15(4)17-7-8-19(26-6)18(22)11-17/h7-11,15-16,23H,1-6H3,(H,24,25)/t15-,16-/m1/s1. The second-order valence-electron chi connectivity index (χ2n) is 6.77. The van der Waals surface area contributed by atoms with Crippen LogP contribution in [0.15, 0.2) is 34.8 Å². The van der Waals surface area contributed by atoms with Crippen LogP contribution in [0.2, 0.25) is 0 Å². The van der Waals surface area contributed by atoms with E-state index in [1.807, 2.05) is 45.9 Å². The summed E-state index contributed by atoms with van der Waals surface area (Å²) >= 11 is 3.50. The molecule has 26 heavy (non-hydrogen) atoms. The van der Waals surface area contributed by atoms with Crippen LogP contribution < -0.4 is 15.4 Å². The van der Waals surface area contributed by atoms with E-state index in [-0.39, 0.29) is 18.0 Å². The van der Waals surface area contributed by atoms with E-state index in [9.17, 15) is 4.79 Å². The molecule has 1 amide bonds. The smallest absolute Gasteiger partial charge is 0.241 e. The molecule has 2 rings (SSSR count). The van der Waals surface area contributed by atoms with Crippen molar-refractivity contribution in [1.29, 1.82) is 0 Å². The Bertz CT molecular complexity index is 782. The molecule has 4 nitrogen and oxygen atoms in total. The zero-order chi connectivity index (χ0) is 19.4. The molecule has 0 aliphatic rings. The number of aryl methyl sites for hydroxylation is 3. The predicted molar refractivity (Wildman–Crippen MR) is 111 cm³/mol. The van der Waals surface area contributed by atoms with Crippen LogP contribution >= 0.6 is 15.9 Å². The molecule has 0 fully saturated rings. The lowest BCUT2D eigenvalue weighted by Crippen LogP contribution is -2.39. The van der Waals surface area contributed by atoms with Gasteiger partial charge in [-0.3, -0.25) is 10.1 Å². The van der Waals surface area contributed by atoms with Crippen LogP contribution in [0.4, 0.5) is 5.69 Å². The normalized spacial score (nSPS) is 13.2. The van der Waals surface area contributed by atoms with Crippen LogP contribution in [0.5, 0.6) is 5.75 Å². The number of nitrogens with one attached hydrogen (secondary N) is 2. The largest absolute Gasteiger partial charge is 0.496 e. The van der Waals surface area contributed by atoms with E-state index in [4.69, 9.17) is 4.74 Å². The van der Waals surface area contributed by atoms with Crippen LogP contribution in [0.25, 0.3) is 0 Å². The molecule has 2 aromatic rings. The van der Waals surface area contributed by atoms with Gasteiger partial charge in [0.2, 0.25) is 5.91 Å². The monoisotopic (exact) mass is 418 g/mol. The number of benzene rings is 2. The van der Waals surface area contributed by atoms with Crippen LogP contribution in [0, 0.1) is 20.8 Å². The van der Waals surface area contributed by atoms with Crippen LogP contribution in [0.1, 0.15) is 42.1 Å². The Hall–Kier alpha value is -1.85. The first kappa shape index (κ1) is 20.5. The van der Waals surface area contributed by atoms with Crippen molar-refractivity contribution in [2.24, 2.45) is 0 Å². The molecule has 2 aromatic carbocycles. The summed E-state index contributed by atoms with van der Waals surface area (Å²) in [6, 6.07) is 9.79. The van der Waals surface area contributed by atoms with Crippen molar-refractivity contribution in [3.05, 3.63) is 57.1 Å². The highest BCUT2D eigenvalue weighted by Gasteiger charge is 2.18. The van der Waals surface area contributed by atoms with E-state index in [0.717, 1.165) is 32.6 Å². The number of methoxy groups -OCH3 is 1. The first-order valence-corrected chi connectivity index (χ1v) is 9.50. The Morgan fingerprint density at radius 3 is 2.23 bits per heavy atom. The van der Waals surface area contributed by atoms with Gasteiger partial charge in [0.1, 0.15) is 5.75 Å². The van der Waals surface area contributed by atoms with Gasteiger partial charge in [0.05, 0.1) is 17.6 Å². The van der Waals surface area contributed by atoms with Gasteiger partial charge in [-0.15, -0.1) is 0 Å². The van der Waals surface area contributed by atoms with Crippen LogP contribution in [-0.2, 0) is 4.79 Å². The quantitative estimate of drug-likeness (QED) is 0.688. The van der Waals surface area contributed by atoms with Gasteiger partial charge in [-0.1, -0.05) is 23.8 Å². The number of amides is 1. The van der Waals surface area contributed by atoms with Gasteiger partial charge in [-0.05, 0) is 79.4 Å². The Balaban J connectivity index is 2.06. The predicted octanol–water partition coefficient (Wildman–Crippen LogP) is 5.06. The fraction of sp³-hybridized carbons (Fsp3) is 0.381. The van der Waals surface area contributed by atoms with Crippen molar-refractivity contribution < 1.29 is 9.53 Å². The number of ether oxygens (including phenoxy) is 1. The first-order chi connectivity index (χ1) is 12.2. The molecule has 0 saturated carbocycles. The maximum Gasteiger partial charge on any atom is 0.241 e. The molecule has 0 bridgehead atoms. The van der Waals surface area contributed by atoms with Crippen LogP contribution in [-0.4, -0.2) is 19.1 Å². The maximum atomic E-state index is 12.6. The zero-order valence-corrected chi connectivity index (χ0v) is 17.8. The van der Waals surface area contributed by atoms with Crippen molar-refractivity contribution in [1.82, 2.24) is 5.32 Å². The summed E-state index contributed by atoms with van der Waals surface area (Å²) in [5.74, 6) is 0.747. The fourth-order valence-corrected chi connectivity index (χ4v) is 3.67. The molecule has 0 unspecified atom stereocenters. The highest BCUT2D eigenvalue weighted by molar-refractivity contribution is 9.10. The van der Waals surface area contributed by atoms with E-state index in [1.165, 1.54) is 5.56 Å². The molecule has 0 aliphatic carbocycles. The topological polar surface area (TPSA) is 50.4 Å². The molecule has 2 N–H and O–H groups in total. The summed E-state index contributed by atoms with van der Waals surface area (Å²) in [7, 11) is 1.64. The van der Waals surface area contributed by atoms with Crippen molar-refractivity contribution in [2.75, 3.05) is 12.4 Å². The molecule has 2 atom stereocenters. The lowest BCUT2D eigenvalue weighted by atomic mass is 10.0. The van der Waals surface area contributed by atoms with Gasteiger partial charge in [0.25, 0.3) is 0 Å². The van der Waals surface area contributed by atoms with E-state index in [2.05, 4.69) is 45.6 Å². The van der Waals surface area contributed by atoms with Gasteiger partial charge in [-0.2, -0.15) is 0 Å². The minimum atomic E-state index is -0.328. The summed E-state index contributed by atoms with van der Waals surface area (Å²) in [6.07, 6.45) is 0. The molecule has 0 aromatic heterocycles. The highest BCUT2D eigenvalue weighted by atomic mass is 79.9. The number of anilines is 1. The average molecular weight is 419 g/mol. The summed E-state index contributed by atoms with van der Waals surface area (Å²) in [5, 5.41) is 6.42. The number of carbonyl (C=O) groups is 1. The number of rotatable bonds is 6. The van der Waals surface area contributed by atoms with Crippen molar-refractivity contribution in [3.63, 3.8) is 0 Å². The summed E-state index contributed by atoms with van der Waals surface area (Å²) in [4.78, 5) is 12.6. The van der Waals surface area contributed by atoms with Gasteiger partial charge in [0, 0.05) is 11.7 Å². The van der Waals surface area contributed by atoms with E-state index in [0.29, 0.717) is 0 Å². The van der Waals surface area contributed by atoms with Crippen molar-refractivity contribution >= 4 is 27.5 Å². The molecule has 0 heterocycles. The molecule has 0 spiro atoms. The lowest BCUT2D eigenvalue weighted by molar-refractivity contribution is -0.117. The van der Waals surface area contributed by atoms with Crippen LogP contribution in [0.3, 0.4) is 0 Å². The second kappa shape index (κ2) is 8.69. The number of carbonyl (C=O) groups excluding carboxylic acids is 1. The highest BCUT2D eigenvalue weighted by Crippen LogP contribution is 2.28. The Morgan fingerprint density at radius 2 is 1.69 bits per heavy atom. The number of hydrogen-bond acceptors (Lipinski definition) is 3. The number of halogens is 1. The molecule has 0 saturated heterocycles. The third kappa shape index (κ3) is 4.86. The SMILES string of the molecule is COc1ccc([C@@H](C)N[C@H](C)C(=O)Nc2c(C)cc(C)cc2C)cc1Br. The summed E-state index contributed by atoms with van der Waals surface area (Å²) in [5.41, 5.74) is 5.34. The third-order valence-electron chi connectivity index (χ3n) is 4.49. The van der Waals surface area contributed by atoms with Gasteiger partial charge < -0.3 is 10.1 Å². The lowest BCUT2D eigenvalue weighted by Gasteiger charge is -2.22. The van der Waals surface area contributed by atoms with E-state index >= 15 is 0 Å². The fourth-order valence-electron chi connectivity index (χ4n) is 3.11. The molecule has 0 aliphatic heterocycles. The second-order valence-corrected chi connectivity index (χ2v) is 7.62. The van der Waals surface area contributed by atoms with Gasteiger partial charge in [-0.25, -0.2) is 0 Å². The van der Waals surface area contributed by atoms with E-state index in [1.54, 1.807) is 7.11 Å². The Labute approximate surface area is 164 Å². The Kier molecular flexibility index (Phi) is 6.84. The van der Waals surface area contributed by atoms with Crippen molar-refractivity contribution in [3.8, 4) is 5.75 Å². The van der Waals surface area contributed by atoms with Gasteiger partial charge in [0.15, 0.2) is 0 Å². The molecule has 140 valence electrons. The number of hydrogen-bond donors (Lipinski definition) is 2. The van der Waals surface area contributed by atoms with Gasteiger partial charge >= 0.3 is 0 Å². The van der Waals surface area contributed by atoms with E-state index < -0.39 is 0 Å². The molecule has 5 heteroatoms. The van der Waals surface area contributed by atoms with Crippen molar-refractivity contribution in [2.45, 2.75) is 46.7 Å². The molecular weight excluding hydrogens is 392 g/mol. The Morgan fingerprint density at radius 1 is 1.08 bits per heavy atom. The maximum absolute atomic E-state index is 12.6. The minimum Gasteiger partial charge on any atom is -0.496 e. The zero-order valence-electron chi connectivity index (χ0n) is 16.2. The first-order valence-electron chi connectivity index (χ1n) is 8.71. The third-order valence-corrected chi connectivity index (χ3v) is 5.11. The summed E-state index contributed by atoms with van der Waals surface area (Å²) < 4.78 is 6.16. The minimum absolute atomic E-state index is 0.0261.